The SMILES string of the molecule is C=O.CCCCc1ccc(C)cc1. The van der Waals surface area contributed by atoms with E-state index < -0.39 is 0 Å². The molecule has 0 unspecified atom stereocenters. The molecular formula is C12H18O. The molecule has 13 heavy (non-hydrogen) atoms. The van der Waals surface area contributed by atoms with Crippen molar-refractivity contribution >= 4 is 6.79 Å². The molecule has 0 radical (unpaired) electrons. The first kappa shape index (κ1) is 11.9. The van der Waals surface area contributed by atoms with Crippen LogP contribution in [0.3, 0.4) is 0 Å². The van der Waals surface area contributed by atoms with Crippen LogP contribution in [0.2, 0.25) is 0 Å². The number of rotatable bonds is 3. The summed E-state index contributed by atoms with van der Waals surface area (Å²) >= 11 is 0. The third-order valence-corrected chi connectivity index (χ3v) is 1.94. The Hall–Kier alpha value is -1.11. The summed E-state index contributed by atoms with van der Waals surface area (Å²) in [7, 11) is 0. The summed E-state index contributed by atoms with van der Waals surface area (Å²) in [6.45, 7) is 6.36. The highest BCUT2D eigenvalue weighted by Crippen LogP contribution is 2.06. The van der Waals surface area contributed by atoms with Crippen LogP contribution in [0.4, 0.5) is 0 Å². The summed E-state index contributed by atoms with van der Waals surface area (Å²) in [6, 6.07) is 8.83. The minimum Gasteiger partial charge on any atom is -0.307 e. The quantitative estimate of drug-likeness (QED) is 0.695. The molecule has 1 nitrogen and oxygen atoms in total. The molecule has 0 bridgehead atoms. The molecule has 0 atom stereocenters. The van der Waals surface area contributed by atoms with Gasteiger partial charge in [-0.25, -0.2) is 0 Å². The number of hydrogen-bond acceptors (Lipinski definition) is 1. The Labute approximate surface area is 80.8 Å². The third kappa shape index (κ3) is 5.18. The summed E-state index contributed by atoms with van der Waals surface area (Å²) in [5, 5.41) is 0. The fraction of sp³-hybridized carbons (Fsp3) is 0.417. The lowest BCUT2D eigenvalue weighted by Crippen LogP contribution is -1.83. The summed E-state index contributed by atoms with van der Waals surface area (Å²) in [5.74, 6) is 0. The molecule has 0 fully saturated rings. The van der Waals surface area contributed by atoms with Crippen LogP contribution < -0.4 is 0 Å². The molecule has 0 spiro atoms. The Morgan fingerprint density at radius 3 is 2.15 bits per heavy atom. The van der Waals surface area contributed by atoms with Gasteiger partial charge in [-0.15, -0.1) is 0 Å². The van der Waals surface area contributed by atoms with E-state index in [1.54, 1.807) is 0 Å². The zero-order chi connectivity index (χ0) is 10.1. The van der Waals surface area contributed by atoms with Gasteiger partial charge >= 0.3 is 0 Å². The molecule has 1 aromatic carbocycles. The molecule has 0 amide bonds. The molecular weight excluding hydrogens is 160 g/mol. The van der Waals surface area contributed by atoms with E-state index in [4.69, 9.17) is 4.79 Å². The normalized spacial score (nSPS) is 8.77. The molecule has 0 N–H and O–H groups in total. The van der Waals surface area contributed by atoms with Gasteiger partial charge in [-0.1, -0.05) is 43.2 Å². The van der Waals surface area contributed by atoms with Gasteiger partial charge in [-0.3, -0.25) is 0 Å². The molecule has 0 aliphatic heterocycles. The van der Waals surface area contributed by atoms with Crippen molar-refractivity contribution < 1.29 is 4.79 Å². The average Bonchev–Trinajstić information content (AvgIpc) is 2.20. The third-order valence-electron chi connectivity index (χ3n) is 1.94. The summed E-state index contributed by atoms with van der Waals surface area (Å²) < 4.78 is 0. The standard InChI is InChI=1S/C11H16.CH2O/c1-3-4-5-11-8-6-10(2)7-9-11;1-2/h6-9H,3-5H2,1-2H3;1H2. The van der Waals surface area contributed by atoms with E-state index in [0.29, 0.717) is 0 Å². The second-order valence-electron chi connectivity index (χ2n) is 3.09. The fourth-order valence-corrected chi connectivity index (χ4v) is 1.14. The zero-order valence-electron chi connectivity index (χ0n) is 8.55. The molecule has 1 rings (SSSR count). The minimum absolute atomic E-state index is 1.23. The lowest BCUT2D eigenvalue weighted by atomic mass is 10.1. The highest BCUT2D eigenvalue weighted by atomic mass is 16.1. The van der Waals surface area contributed by atoms with E-state index in [1.807, 2.05) is 6.79 Å². The lowest BCUT2D eigenvalue weighted by Gasteiger charge is -1.99. The number of unbranched alkanes of at least 4 members (excludes halogenated alkanes) is 1. The Bertz CT molecular complexity index is 213. The van der Waals surface area contributed by atoms with Crippen LogP contribution in [-0.2, 0) is 11.2 Å². The van der Waals surface area contributed by atoms with Gasteiger partial charge < -0.3 is 4.79 Å². The van der Waals surface area contributed by atoms with E-state index in [1.165, 1.54) is 30.4 Å². The topological polar surface area (TPSA) is 17.1 Å². The first-order valence-electron chi connectivity index (χ1n) is 4.67. The van der Waals surface area contributed by atoms with Crippen molar-refractivity contribution in [1.82, 2.24) is 0 Å². The van der Waals surface area contributed by atoms with Gasteiger partial charge in [0.1, 0.15) is 6.79 Å². The maximum Gasteiger partial charge on any atom is 0.106 e. The first-order chi connectivity index (χ1) is 6.33. The van der Waals surface area contributed by atoms with E-state index in [0.717, 1.165) is 0 Å². The lowest BCUT2D eigenvalue weighted by molar-refractivity contribution is -0.0979. The van der Waals surface area contributed by atoms with Gasteiger partial charge in [0.25, 0.3) is 0 Å². The second kappa shape index (κ2) is 7.53. The maximum absolute atomic E-state index is 8.00. The number of aryl methyl sites for hydroxylation is 2. The summed E-state index contributed by atoms with van der Waals surface area (Å²) in [5.41, 5.74) is 2.82. The number of hydrogen-bond donors (Lipinski definition) is 0. The number of carbonyl (C=O) groups is 1. The van der Waals surface area contributed by atoms with Crippen molar-refractivity contribution in [3.63, 3.8) is 0 Å². The predicted octanol–water partition coefficient (Wildman–Crippen LogP) is 3.15. The average molecular weight is 178 g/mol. The van der Waals surface area contributed by atoms with Crippen molar-refractivity contribution in [2.45, 2.75) is 33.1 Å². The van der Waals surface area contributed by atoms with Crippen LogP contribution in [0.15, 0.2) is 24.3 Å². The molecule has 0 aliphatic carbocycles. The van der Waals surface area contributed by atoms with Crippen molar-refractivity contribution in [3.05, 3.63) is 35.4 Å². The molecule has 1 heteroatoms. The molecule has 0 heterocycles. The van der Waals surface area contributed by atoms with Gasteiger partial charge in [0.2, 0.25) is 0 Å². The molecule has 72 valence electrons. The Balaban J connectivity index is 0.000000671. The number of carbonyl (C=O) groups excluding carboxylic acids is 1. The minimum atomic E-state index is 1.23. The van der Waals surface area contributed by atoms with Gasteiger partial charge in [0.15, 0.2) is 0 Å². The smallest absolute Gasteiger partial charge is 0.106 e. The van der Waals surface area contributed by atoms with Crippen molar-refractivity contribution in [2.75, 3.05) is 0 Å². The predicted molar refractivity (Wildman–Crippen MR) is 56.9 cm³/mol. The van der Waals surface area contributed by atoms with Crippen molar-refractivity contribution in [2.24, 2.45) is 0 Å². The van der Waals surface area contributed by atoms with Gasteiger partial charge in [0, 0.05) is 0 Å². The van der Waals surface area contributed by atoms with Gasteiger partial charge in [-0.05, 0) is 25.3 Å². The number of benzene rings is 1. The van der Waals surface area contributed by atoms with Crippen LogP contribution >= 0.6 is 0 Å². The van der Waals surface area contributed by atoms with Crippen LogP contribution in [0.25, 0.3) is 0 Å². The van der Waals surface area contributed by atoms with E-state index in [9.17, 15) is 0 Å². The zero-order valence-corrected chi connectivity index (χ0v) is 8.55. The van der Waals surface area contributed by atoms with Crippen molar-refractivity contribution in [3.8, 4) is 0 Å². The van der Waals surface area contributed by atoms with E-state index in [-0.39, 0.29) is 0 Å². The Morgan fingerprint density at radius 2 is 1.69 bits per heavy atom. The molecule has 0 aliphatic rings. The maximum atomic E-state index is 8.00. The van der Waals surface area contributed by atoms with Gasteiger partial charge in [0.05, 0.1) is 0 Å². The summed E-state index contributed by atoms with van der Waals surface area (Å²) in [6.07, 6.45) is 3.83. The molecule has 1 aromatic rings. The van der Waals surface area contributed by atoms with Crippen LogP contribution in [0.5, 0.6) is 0 Å². The van der Waals surface area contributed by atoms with Gasteiger partial charge in [-0.2, -0.15) is 0 Å². The van der Waals surface area contributed by atoms with E-state index in [2.05, 4.69) is 38.1 Å². The fourth-order valence-electron chi connectivity index (χ4n) is 1.14. The van der Waals surface area contributed by atoms with Crippen LogP contribution in [0, 0.1) is 6.92 Å². The molecule has 0 saturated carbocycles. The largest absolute Gasteiger partial charge is 0.307 e. The molecule has 0 saturated heterocycles. The Morgan fingerprint density at radius 1 is 1.15 bits per heavy atom. The second-order valence-corrected chi connectivity index (χ2v) is 3.09. The van der Waals surface area contributed by atoms with Crippen LogP contribution in [0.1, 0.15) is 30.9 Å². The monoisotopic (exact) mass is 178 g/mol. The summed E-state index contributed by atoms with van der Waals surface area (Å²) in [4.78, 5) is 8.00. The first-order valence-corrected chi connectivity index (χ1v) is 4.67. The van der Waals surface area contributed by atoms with E-state index >= 15 is 0 Å². The van der Waals surface area contributed by atoms with Crippen molar-refractivity contribution in [1.29, 1.82) is 0 Å². The Kier molecular flexibility index (Phi) is 6.89. The highest BCUT2D eigenvalue weighted by molar-refractivity contribution is 5.21. The highest BCUT2D eigenvalue weighted by Gasteiger charge is 1.90. The van der Waals surface area contributed by atoms with Crippen LogP contribution in [-0.4, -0.2) is 6.79 Å². The molecule has 0 aromatic heterocycles.